The second-order valence-corrected chi connectivity index (χ2v) is 7.80. The number of hydrogen-bond donors (Lipinski definition) is 1. The van der Waals surface area contributed by atoms with Gasteiger partial charge in [-0.2, -0.15) is 0 Å². The number of methoxy groups -OCH3 is 2. The third-order valence-corrected chi connectivity index (χ3v) is 4.80. The fraction of sp³-hybridized carbons (Fsp3) is 0.409. The Morgan fingerprint density at radius 1 is 1.11 bits per heavy atom. The van der Waals surface area contributed by atoms with E-state index in [9.17, 15) is 4.79 Å². The lowest BCUT2D eigenvalue weighted by Crippen LogP contribution is -2.34. The maximum atomic E-state index is 12.5. The summed E-state index contributed by atoms with van der Waals surface area (Å²) in [5.74, 6) is 1.88. The van der Waals surface area contributed by atoms with Crippen LogP contribution in [0.3, 0.4) is 0 Å². The van der Waals surface area contributed by atoms with E-state index >= 15 is 0 Å². The van der Waals surface area contributed by atoms with E-state index in [0.29, 0.717) is 23.6 Å². The molecule has 5 heteroatoms. The maximum Gasteiger partial charge on any atom is 0.251 e. The number of benzene rings is 2. The third-order valence-electron chi connectivity index (χ3n) is 4.80. The minimum Gasteiger partial charge on any atom is -0.493 e. The second kappa shape index (κ2) is 7.51. The van der Waals surface area contributed by atoms with Crippen molar-refractivity contribution in [2.45, 2.75) is 38.7 Å². The first-order valence-electron chi connectivity index (χ1n) is 9.12. The fourth-order valence-corrected chi connectivity index (χ4v) is 3.19. The number of rotatable bonds is 5. The Morgan fingerprint density at radius 3 is 2.52 bits per heavy atom. The van der Waals surface area contributed by atoms with E-state index < -0.39 is 0 Å². The van der Waals surface area contributed by atoms with Crippen molar-refractivity contribution in [3.05, 3.63) is 53.1 Å². The number of fused-ring (bicyclic) bond motifs is 1. The van der Waals surface area contributed by atoms with Gasteiger partial charge in [0.15, 0.2) is 11.5 Å². The van der Waals surface area contributed by atoms with Gasteiger partial charge in [0.25, 0.3) is 5.91 Å². The Bertz CT molecular complexity index is 839. The zero-order valence-corrected chi connectivity index (χ0v) is 16.6. The summed E-state index contributed by atoms with van der Waals surface area (Å²) in [6.07, 6.45) is 0.741. The van der Waals surface area contributed by atoms with E-state index in [1.807, 2.05) is 6.07 Å². The van der Waals surface area contributed by atoms with E-state index in [-0.39, 0.29) is 17.4 Å². The molecule has 5 nitrogen and oxygen atoms in total. The van der Waals surface area contributed by atoms with E-state index in [1.165, 1.54) is 11.1 Å². The predicted octanol–water partition coefficient (Wildman–Crippen LogP) is 3.73. The van der Waals surface area contributed by atoms with Gasteiger partial charge in [0.2, 0.25) is 0 Å². The lowest BCUT2D eigenvalue weighted by Gasteiger charge is -2.19. The Balaban J connectivity index is 1.62. The number of nitrogens with one attached hydrogen (secondary N) is 1. The molecule has 2 aromatic carbocycles. The van der Waals surface area contributed by atoms with Gasteiger partial charge in [-0.1, -0.05) is 32.9 Å². The summed E-state index contributed by atoms with van der Waals surface area (Å²) in [6.45, 7) is 7.05. The molecule has 1 aliphatic rings. The summed E-state index contributed by atoms with van der Waals surface area (Å²) in [5.41, 5.74) is 3.13. The molecule has 1 atom stereocenters. The lowest BCUT2D eigenvalue weighted by molar-refractivity contribution is 0.0933. The van der Waals surface area contributed by atoms with Crippen molar-refractivity contribution in [2.24, 2.45) is 0 Å². The van der Waals surface area contributed by atoms with Crippen LogP contribution in [0.4, 0.5) is 0 Å². The highest BCUT2D eigenvalue weighted by Crippen LogP contribution is 2.33. The molecular formula is C22H27NO4. The van der Waals surface area contributed by atoms with Gasteiger partial charge in [-0.05, 0) is 40.8 Å². The highest BCUT2D eigenvalue weighted by molar-refractivity contribution is 5.94. The van der Waals surface area contributed by atoms with Crippen LogP contribution in [-0.2, 0) is 11.8 Å². The van der Waals surface area contributed by atoms with Gasteiger partial charge in [0.05, 0.1) is 20.8 Å². The predicted molar refractivity (Wildman–Crippen MR) is 105 cm³/mol. The number of ether oxygens (including phenoxy) is 3. The number of hydrogen-bond acceptors (Lipinski definition) is 4. The molecule has 0 fully saturated rings. The minimum atomic E-state index is -0.161. The molecule has 3 rings (SSSR count). The Morgan fingerprint density at radius 2 is 1.85 bits per heavy atom. The van der Waals surface area contributed by atoms with Crippen LogP contribution in [-0.4, -0.2) is 32.8 Å². The first kappa shape index (κ1) is 19.1. The van der Waals surface area contributed by atoms with Gasteiger partial charge in [-0.25, -0.2) is 0 Å². The summed E-state index contributed by atoms with van der Waals surface area (Å²) < 4.78 is 16.4. The van der Waals surface area contributed by atoms with Crippen LogP contribution in [0.1, 0.15) is 42.3 Å². The first-order valence-corrected chi connectivity index (χ1v) is 9.12. The second-order valence-electron chi connectivity index (χ2n) is 7.80. The molecule has 1 heterocycles. The highest BCUT2D eigenvalue weighted by Gasteiger charge is 2.25. The third kappa shape index (κ3) is 4.18. The van der Waals surface area contributed by atoms with E-state index in [4.69, 9.17) is 14.2 Å². The largest absolute Gasteiger partial charge is 0.493 e. The molecule has 27 heavy (non-hydrogen) atoms. The van der Waals surface area contributed by atoms with Crippen molar-refractivity contribution in [1.82, 2.24) is 5.32 Å². The van der Waals surface area contributed by atoms with Gasteiger partial charge >= 0.3 is 0 Å². The van der Waals surface area contributed by atoms with Crippen molar-refractivity contribution in [2.75, 3.05) is 20.8 Å². The molecule has 0 saturated heterocycles. The van der Waals surface area contributed by atoms with Gasteiger partial charge in [-0.3, -0.25) is 4.79 Å². The standard InChI is InChI=1S/C22H27NO4/c1-22(2,3)16-7-9-18-15(10-16)11-17(27-18)13-23-21(24)14-6-8-19(25-4)20(12-14)26-5/h6-10,12,17H,11,13H2,1-5H3,(H,23,24). The van der Waals surface area contributed by atoms with Crippen molar-refractivity contribution in [1.29, 1.82) is 0 Å². The molecule has 1 amide bonds. The summed E-state index contributed by atoms with van der Waals surface area (Å²) in [6, 6.07) is 11.5. The molecule has 0 aromatic heterocycles. The van der Waals surface area contributed by atoms with Crippen LogP contribution in [0.5, 0.6) is 17.2 Å². The molecule has 144 valence electrons. The minimum absolute atomic E-state index is 0.0562. The van der Waals surface area contributed by atoms with Gasteiger partial charge in [0, 0.05) is 12.0 Å². The zero-order valence-electron chi connectivity index (χ0n) is 16.6. The first-order chi connectivity index (χ1) is 12.8. The van der Waals surface area contributed by atoms with Crippen LogP contribution in [0.25, 0.3) is 0 Å². The number of amides is 1. The Hall–Kier alpha value is -2.69. The van der Waals surface area contributed by atoms with Gasteiger partial charge in [0.1, 0.15) is 11.9 Å². The SMILES string of the molecule is COc1ccc(C(=O)NCC2Cc3cc(C(C)(C)C)ccc3O2)cc1OC. The van der Waals surface area contributed by atoms with E-state index in [1.54, 1.807) is 32.4 Å². The number of carbonyl (C=O) groups excluding carboxylic acids is 1. The molecular weight excluding hydrogens is 342 g/mol. The molecule has 1 unspecified atom stereocenters. The highest BCUT2D eigenvalue weighted by atomic mass is 16.5. The summed E-state index contributed by atoms with van der Waals surface area (Å²) in [7, 11) is 3.12. The normalized spacial score (nSPS) is 15.7. The van der Waals surface area contributed by atoms with Crippen molar-refractivity contribution >= 4 is 5.91 Å². The summed E-state index contributed by atoms with van der Waals surface area (Å²) in [5, 5.41) is 2.95. The zero-order chi connectivity index (χ0) is 19.6. The fourth-order valence-electron chi connectivity index (χ4n) is 3.19. The van der Waals surface area contributed by atoms with E-state index in [2.05, 4.69) is 38.2 Å². The molecule has 2 aromatic rings. The van der Waals surface area contributed by atoms with E-state index in [0.717, 1.165) is 12.2 Å². The maximum absolute atomic E-state index is 12.5. The van der Waals surface area contributed by atoms with Crippen molar-refractivity contribution < 1.29 is 19.0 Å². The van der Waals surface area contributed by atoms with Gasteiger partial charge < -0.3 is 19.5 Å². The van der Waals surface area contributed by atoms with Crippen LogP contribution < -0.4 is 19.5 Å². The monoisotopic (exact) mass is 369 g/mol. The molecule has 0 saturated carbocycles. The molecule has 0 bridgehead atoms. The molecule has 0 radical (unpaired) electrons. The quantitative estimate of drug-likeness (QED) is 0.872. The van der Waals surface area contributed by atoms with Crippen molar-refractivity contribution in [3.8, 4) is 17.2 Å². The Labute approximate surface area is 160 Å². The molecule has 1 N–H and O–H groups in total. The smallest absolute Gasteiger partial charge is 0.251 e. The number of carbonyl (C=O) groups is 1. The van der Waals surface area contributed by atoms with Crippen molar-refractivity contribution in [3.63, 3.8) is 0 Å². The average molecular weight is 369 g/mol. The molecule has 0 aliphatic carbocycles. The molecule has 0 spiro atoms. The summed E-state index contributed by atoms with van der Waals surface area (Å²) >= 11 is 0. The van der Waals surface area contributed by atoms with Crippen LogP contribution in [0, 0.1) is 0 Å². The average Bonchev–Trinajstić information content (AvgIpc) is 3.06. The van der Waals surface area contributed by atoms with Crippen LogP contribution in [0.2, 0.25) is 0 Å². The summed E-state index contributed by atoms with van der Waals surface area (Å²) in [4.78, 5) is 12.5. The van der Waals surface area contributed by atoms with Gasteiger partial charge in [-0.15, -0.1) is 0 Å². The Kier molecular flexibility index (Phi) is 5.31. The topological polar surface area (TPSA) is 56.8 Å². The van der Waals surface area contributed by atoms with Crippen LogP contribution >= 0.6 is 0 Å². The molecule has 1 aliphatic heterocycles. The van der Waals surface area contributed by atoms with Crippen LogP contribution in [0.15, 0.2) is 36.4 Å². The lowest BCUT2D eigenvalue weighted by atomic mass is 9.86.